The lowest BCUT2D eigenvalue weighted by atomic mass is 10.0. The fraction of sp³-hybridized carbons (Fsp3) is 0.310. The number of hydrogen-bond acceptors (Lipinski definition) is 2. The molecule has 0 bridgehead atoms. The molecule has 0 aromatic heterocycles. The van der Waals surface area contributed by atoms with Crippen LogP contribution in [0.4, 0.5) is 4.39 Å². The average molecular weight is 491 g/mol. The van der Waals surface area contributed by atoms with Gasteiger partial charge in [-0.05, 0) is 66.1 Å². The van der Waals surface area contributed by atoms with E-state index in [0.717, 1.165) is 49.0 Å². The van der Waals surface area contributed by atoms with Crippen LogP contribution in [-0.2, 0) is 11.3 Å². The first-order chi connectivity index (χ1) is 17.0. The molecule has 35 heavy (non-hydrogen) atoms. The SMILES string of the molecule is O=C(c1ccc(-c2ccc(F)c(Cl)c2)cc1)N(Cc1ccccc1)C[C@@H]1CCN(C(=O)C2CC2)C1. The van der Waals surface area contributed by atoms with Crippen LogP contribution in [0, 0.1) is 17.7 Å². The van der Waals surface area contributed by atoms with Gasteiger partial charge in [-0.15, -0.1) is 0 Å². The summed E-state index contributed by atoms with van der Waals surface area (Å²) in [5.74, 6) is 0.286. The Balaban J connectivity index is 1.32. The standard InChI is InChI=1S/C29H28ClFN2O2/c30-26-16-25(12-13-27(26)31)22-6-8-24(9-7-22)29(35)33(17-20-4-2-1-3-5-20)19-21-14-15-32(18-21)28(34)23-10-11-23/h1-9,12-13,16,21,23H,10-11,14-15,17-19H2/t21-/m1/s1. The Bertz CT molecular complexity index is 1210. The molecule has 1 aliphatic carbocycles. The molecule has 5 rings (SSSR count). The third kappa shape index (κ3) is 5.57. The Morgan fingerprint density at radius 1 is 0.943 bits per heavy atom. The number of halogens is 2. The molecule has 180 valence electrons. The average Bonchev–Trinajstić information content (AvgIpc) is 3.63. The highest BCUT2D eigenvalue weighted by Crippen LogP contribution is 2.33. The number of likely N-dealkylation sites (tertiary alicyclic amines) is 1. The van der Waals surface area contributed by atoms with Crippen molar-refractivity contribution in [3.8, 4) is 11.1 Å². The molecule has 0 spiro atoms. The minimum atomic E-state index is -0.455. The summed E-state index contributed by atoms with van der Waals surface area (Å²) in [7, 11) is 0. The maximum absolute atomic E-state index is 13.6. The van der Waals surface area contributed by atoms with E-state index < -0.39 is 5.82 Å². The second-order valence-corrected chi connectivity index (χ2v) is 10.00. The number of rotatable bonds is 7. The molecule has 1 saturated carbocycles. The Hall–Kier alpha value is -3.18. The lowest BCUT2D eigenvalue weighted by molar-refractivity contribution is -0.131. The van der Waals surface area contributed by atoms with Gasteiger partial charge in [0.1, 0.15) is 5.82 Å². The van der Waals surface area contributed by atoms with Crippen molar-refractivity contribution < 1.29 is 14.0 Å². The molecule has 0 radical (unpaired) electrons. The molecule has 2 aliphatic rings. The number of benzene rings is 3. The van der Waals surface area contributed by atoms with Gasteiger partial charge < -0.3 is 9.80 Å². The minimum Gasteiger partial charge on any atom is -0.342 e. The van der Waals surface area contributed by atoms with Crippen LogP contribution in [0.1, 0.15) is 35.2 Å². The predicted octanol–water partition coefficient (Wildman–Crippen LogP) is 6.05. The zero-order valence-electron chi connectivity index (χ0n) is 19.5. The predicted molar refractivity (Wildman–Crippen MR) is 135 cm³/mol. The minimum absolute atomic E-state index is 0.0375. The van der Waals surface area contributed by atoms with Gasteiger partial charge >= 0.3 is 0 Å². The molecule has 1 heterocycles. The van der Waals surface area contributed by atoms with E-state index in [1.807, 2.05) is 64.4 Å². The number of carbonyl (C=O) groups excluding carboxylic acids is 2. The van der Waals surface area contributed by atoms with Gasteiger partial charge in [0.2, 0.25) is 5.91 Å². The highest BCUT2D eigenvalue weighted by atomic mass is 35.5. The fourth-order valence-electron chi connectivity index (χ4n) is 4.77. The van der Waals surface area contributed by atoms with Crippen LogP contribution in [0.2, 0.25) is 5.02 Å². The monoisotopic (exact) mass is 490 g/mol. The van der Waals surface area contributed by atoms with E-state index in [1.165, 1.54) is 6.07 Å². The van der Waals surface area contributed by atoms with Crippen LogP contribution >= 0.6 is 11.6 Å². The first kappa shape index (κ1) is 23.6. The molecule has 6 heteroatoms. The first-order valence-corrected chi connectivity index (χ1v) is 12.5. The summed E-state index contributed by atoms with van der Waals surface area (Å²) in [6.45, 7) is 2.63. The van der Waals surface area contributed by atoms with Crippen LogP contribution in [0.5, 0.6) is 0 Å². The normalized spacial score (nSPS) is 17.4. The highest BCUT2D eigenvalue weighted by molar-refractivity contribution is 6.31. The zero-order valence-corrected chi connectivity index (χ0v) is 20.3. The van der Waals surface area contributed by atoms with Gasteiger partial charge in [-0.2, -0.15) is 0 Å². The lowest BCUT2D eigenvalue weighted by Gasteiger charge is -2.26. The smallest absolute Gasteiger partial charge is 0.254 e. The Morgan fingerprint density at radius 3 is 2.34 bits per heavy atom. The Kier molecular flexibility index (Phi) is 6.87. The molecule has 1 atom stereocenters. The molecule has 2 amide bonds. The van der Waals surface area contributed by atoms with E-state index in [4.69, 9.17) is 11.6 Å². The van der Waals surface area contributed by atoms with Crippen molar-refractivity contribution >= 4 is 23.4 Å². The summed E-state index contributed by atoms with van der Waals surface area (Å²) in [5, 5.41) is 0.0717. The van der Waals surface area contributed by atoms with E-state index in [9.17, 15) is 14.0 Å². The number of hydrogen-bond donors (Lipinski definition) is 0. The quantitative estimate of drug-likeness (QED) is 0.404. The van der Waals surface area contributed by atoms with Crippen LogP contribution < -0.4 is 0 Å². The summed E-state index contributed by atoms with van der Waals surface area (Å²) < 4.78 is 13.5. The summed E-state index contributed by atoms with van der Waals surface area (Å²) in [5.41, 5.74) is 3.33. The highest BCUT2D eigenvalue weighted by Gasteiger charge is 2.37. The van der Waals surface area contributed by atoms with Gasteiger partial charge in [-0.1, -0.05) is 60.1 Å². The summed E-state index contributed by atoms with van der Waals surface area (Å²) in [4.78, 5) is 30.0. The second-order valence-electron chi connectivity index (χ2n) is 9.59. The maximum atomic E-state index is 13.6. The summed E-state index contributed by atoms with van der Waals surface area (Å²) in [6, 6.07) is 21.9. The zero-order chi connectivity index (χ0) is 24.4. The molecule has 0 unspecified atom stereocenters. The van der Waals surface area contributed by atoms with Gasteiger partial charge in [-0.3, -0.25) is 9.59 Å². The number of amides is 2. The van der Waals surface area contributed by atoms with Crippen molar-refractivity contribution in [1.82, 2.24) is 9.80 Å². The van der Waals surface area contributed by atoms with E-state index >= 15 is 0 Å². The van der Waals surface area contributed by atoms with Gasteiger partial charge in [-0.25, -0.2) is 4.39 Å². The Morgan fingerprint density at radius 2 is 1.66 bits per heavy atom. The van der Waals surface area contributed by atoms with Gasteiger partial charge in [0.15, 0.2) is 0 Å². The molecule has 1 aliphatic heterocycles. The van der Waals surface area contributed by atoms with Crippen LogP contribution in [0.25, 0.3) is 11.1 Å². The van der Waals surface area contributed by atoms with Crippen molar-refractivity contribution in [2.75, 3.05) is 19.6 Å². The van der Waals surface area contributed by atoms with E-state index in [-0.39, 0.29) is 28.7 Å². The molecular formula is C29H28ClFN2O2. The molecule has 4 nitrogen and oxygen atoms in total. The van der Waals surface area contributed by atoms with Crippen molar-refractivity contribution in [3.05, 3.63) is 94.8 Å². The van der Waals surface area contributed by atoms with E-state index in [0.29, 0.717) is 18.7 Å². The molecule has 3 aromatic rings. The largest absolute Gasteiger partial charge is 0.342 e. The number of carbonyl (C=O) groups is 2. The molecule has 3 aromatic carbocycles. The van der Waals surface area contributed by atoms with Crippen molar-refractivity contribution in [2.24, 2.45) is 11.8 Å². The van der Waals surface area contributed by atoms with Crippen molar-refractivity contribution in [2.45, 2.75) is 25.8 Å². The van der Waals surface area contributed by atoms with Crippen LogP contribution in [-0.4, -0.2) is 41.2 Å². The molecule has 1 saturated heterocycles. The van der Waals surface area contributed by atoms with Gasteiger partial charge in [0.05, 0.1) is 5.02 Å². The molecule has 0 N–H and O–H groups in total. The second kappa shape index (κ2) is 10.2. The summed E-state index contributed by atoms with van der Waals surface area (Å²) in [6.07, 6.45) is 2.94. The lowest BCUT2D eigenvalue weighted by Crippen LogP contribution is -2.37. The third-order valence-corrected chi connectivity index (χ3v) is 7.18. The van der Waals surface area contributed by atoms with Crippen molar-refractivity contribution in [1.29, 1.82) is 0 Å². The number of nitrogens with zero attached hydrogens (tertiary/aromatic N) is 2. The summed E-state index contributed by atoms with van der Waals surface area (Å²) >= 11 is 5.94. The molecular weight excluding hydrogens is 463 g/mol. The first-order valence-electron chi connectivity index (χ1n) is 12.2. The van der Waals surface area contributed by atoms with Gasteiger partial charge in [0.25, 0.3) is 5.91 Å². The molecule has 2 fully saturated rings. The Labute approximate surface area is 210 Å². The third-order valence-electron chi connectivity index (χ3n) is 6.89. The van der Waals surface area contributed by atoms with Gasteiger partial charge in [0, 0.05) is 37.7 Å². The fourth-order valence-corrected chi connectivity index (χ4v) is 4.95. The van der Waals surface area contributed by atoms with E-state index in [1.54, 1.807) is 12.1 Å². The van der Waals surface area contributed by atoms with Crippen LogP contribution in [0.3, 0.4) is 0 Å². The van der Waals surface area contributed by atoms with Crippen molar-refractivity contribution in [3.63, 3.8) is 0 Å². The topological polar surface area (TPSA) is 40.6 Å². The van der Waals surface area contributed by atoms with E-state index in [2.05, 4.69) is 0 Å². The maximum Gasteiger partial charge on any atom is 0.254 e. The van der Waals surface area contributed by atoms with Crippen LogP contribution in [0.15, 0.2) is 72.8 Å².